The second kappa shape index (κ2) is 13.4. The fourth-order valence-electron chi connectivity index (χ4n) is 5.42. The molecule has 11 heteroatoms. The standard InChI is InChI=1S/C30H40ClN7O2S/c1-21(2)41(39)28-8-6-5-7-26(28)33-29-24(31)20-32-30(35-29)34-25-10-9-23(19-27(25)40-4)37-13-11-22(12-14-37)38-17-15-36(3)16-18-38/h5-10,19-22H,11-18H2,1-4H3,(H2,32,33,34,35)/t41-/m1/s1. The van der Waals surface area contributed by atoms with Crippen LogP contribution >= 0.6 is 11.6 Å². The van der Waals surface area contributed by atoms with Crippen LogP contribution in [0.25, 0.3) is 0 Å². The van der Waals surface area contributed by atoms with E-state index in [1.807, 2.05) is 44.2 Å². The summed E-state index contributed by atoms with van der Waals surface area (Å²) in [6.45, 7) is 10.6. The summed E-state index contributed by atoms with van der Waals surface area (Å²) in [7, 11) is 2.71. The van der Waals surface area contributed by atoms with Crippen molar-refractivity contribution in [3.63, 3.8) is 0 Å². The predicted octanol–water partition coefficient (Wildman–Crippen LogP) is 5.36. The van der Waals surface area contributed by atoms with E-state index < -0.39 is 10.8 Å². The third-order valence-electron chi connectivity index (χ3n) is 7.84. The van der Waals surface area contributed by atoms with Crippen molar-refractivity contribution in [1.29, 1.82) is 0 Å². The number of piperidine rings is 1. The zero-order chi connectivity index (χ0) is 28.9. The van der Waals surface area contributed by atoms with Crippen molar-refractivity contribution in [2.24, 2.45) is 0 Å². The molecule has 5 rings (SSSR count). The van der Waals surface area contributed by atoms with E-state index in [0.29, 0.717) is 33.4 Å². The van der Waals surface area contributed by atoms with Gasteiger partial charge >= 0.3 is 0 Å². The van der Waals surface area contributed by atoms with Crippen molar-refractivity contribution in [2.45, 2.75) is 42.9 Å². The van der Waals surface area contributed by atoms with Gasteiger partial charge in [0.2, 0.25) is 5.95 Å². The maximum atomic E-state index is 12.8. The van der Waals surface area contributed by atoms with Crippen LogP contribution in [0.2, 0.25) is 5.02 Å². The van der Waals surface area contributed by atoms with Crippen LogP contribution in [0, 0.1) is 0 Å². The first kappa shape index (κ1) is 29.6. The number of likely N-dealkylation sites (N-methyl/N-ethyl adjacent to an activating group) is 1. The molecule has 0 unspecified atom stereocenters. The number of methoxy groups -OCH3 is 1. The Kier molecular flexibility index (Phi) is 9.64. The number of benzene rings is 2. The Morgan fingerprint density at radius 1 is 1.00 bits per heavy atom. The first-order valence-corrected chi connectivity index (χ1v) is 15.8. The summed E-state index contributed by atoms with van der Waals surface area (Å²) in [6, 6.07) is 14.4. The number of para-hydroxylation sites is 1. The molecule has 2 aliphatic rings. The minimum Gasteiger partial charge on any atom is -0.494 e. The molecule has 0 radical (unpaired) electrons. The van der Waals surface area contributed by atoms with Crippen molar-refractivity contribution >= 4 is 51.2 Å². The topological polar surface area (TPSA) is 85.9 Å². The first-order chi connectivity index (χ1) is 19.8. The smallest absolute Gasteiger partial charge is 0.229 e. The number of rotatable bonds is 9. The van der Waals surface area contributed by atoms with Crippen LogP contribution in [0.15, 0.2) is 53.6 Å². The van der Waals surface area contributed by atoms with Gasteiger partial charge in [0.1, 0.15) is 10.8 Å². The van der Waals surface area contributed by atoms with Crippen molar-refractivity contribution in [3.8, 4) is 5.75 Å². The highest BCUT2D eigenvalue weighted by molar-refractivity contribution is 7.85. The molecule has 0 saturated carbocycles. The Bertz CT molecular complexity index is 1360. The van der Waals surface area contributed by atoms with Gasteiger partial charge in [0.15, 0.2) is 5.82 Å². The molecule has 2 N–H and O–H groups in total. The second-order valence-electron chi connectivity index (χ2n) is 10.9. The molecule has 41 heavy (non-hydrogen) atoms. The highest BCUT2D eigenvalue weighted by Gasteiger charge is 2.27. The largest absolute Gasteiger partial charge is 0.494 e. The van der Waals surface area contributed by atoms with Gasteiger partial charge in [-0.1, -0.05) is 37.6 Å². The number of hydrogen-bond acceptors (Lipinski definition) is 9. The maximum Gasteiger partial charge on any atom is 0.229 e. The van der Waals surface area contributed by atoms with E-state index in [1.54, 1.807) is 13.3 Å². The Labute approximate surface area is 250 Å². The van der Waals surface area contributed by atoms with Gasteiger partial charge in [0.05, 0.1) is 40.4 Å². The van der Waals surface area contributed by atoms with Crippen molar-refractivity contribution < 1.29 is 8.95 Å². The number of anilines is 5. The molecular weight excluding hydrogens is 558 g/mol. The summed E-state index contributed by atoms with van der Waals surface area (Å²) >= 11 is 6.45. The SMILES string of the molecule is COc1cc(N2CCC(N3CCN(C)CC3)CC2)ccc1Nc1ncc(Cl)c(Nc2ccccc2[S@](=O)C(C)C)n1. The van der Waals surface area contributed by atoms with Crippen molar-refractivity contribution in [2.75, 3.05) is 69.0 Å². The highest BCUT2D eigenvalue weighted by atomic mass is 35.5. The van der Waals surface area contributed by atoms with Crippen LogP contribution in [-0.2, 0) is 10.8 Å². The third kappa shape index (κ3) is 7.12. The second-order valence-corrected chi connectivity index (χ2v) is 13.3. The molecule has 1 atom stereocenters. The van der Waals surface area contributed by atoms with E-state index in [9.17, 15) is 4.21 Å². The number of aromatic nitrogens is 2. The fraction of sp³-hybridized carbons (Fsp3) is 0.467. The van der Waals surface area contributed by atoms with Crippen LogP contribution < -0.4 is 20.3 Å². The summed E-state index contributed by atoms with van der Waals surface area (Å²) in [5, 5.41) is 6.88. The Morgan fingerprint density at radius 2 is 1.73 bits per heavy atom. The average Bonchev–Trinajstić information content (AvgIpc) is 2.99. The summed E-state index contributed by atoms with van der Waals surface area (Å²) in [6.07, 6.45) is 3.90. The molecule has 2 aliphatic heterocycles. The van der Waals surface area contributed by atoms with Gasteiger partial charge in [-0.3, -0.25) is 9.11 Å². The summed E-state index contributed by atoms with van der Waals surface area (Å²) in [4.78, 5) is 17.2. The Morgan fingerprint density at radius 3 is 2.44 bits per heavy atom. The van der Waals surface area contributed by atoms with Crippen molar-refractivity contribution in [1.82, 2.24) is 19.8 Å². The fourth-order valence-corrected chi connectivity index (χ4v) is 6.61. The average molecular weight is 598 g/mol. The van der Waals surface area contributed by atoms with Gasteiger partial charge in [-0.05, 0) is 44.2 Å². The minimum atomic E-state index is -1.17. The number of piperazine rings is 1. The lowest BCUT2D eigenvalue weighted by Gasteiger charge is -2.42. The molecule has 0 bridgehead atoms. The molecule has 9 nitrogen and oxygen atoms in total. The molecule has 2 aromatic carbocycles. The lowest BCUT2D eigenvalue weighted by molar-refractivity contribution is 0.0982. The number of hydrogen-bond donors (Lipinski definition) is 2. The van der Waals surface area contributed by atoms with Crippen LogP contribution in [0.5, 0.6) is 5.75 Å². The number of nitrogens with zero attached hydrogens (tertiary/aromatic N) is 5. The number of nitrogens with one attached hydrogen (secondary N) is 2. The molecule has 0 amide bonds. The lowest BCUT2D eigenvalue weighted by atomic mass is 10.0. The molecule has 3 heterocycles. The minimum absolute atomic E-state index is 0.0187. The third-order valence-corrected chi connectivity index (χ3v) is 9.77. The van der Waals surface area contributed by atoms with Crippen LogP contribution in [-0.4, -0.2) is 88.7 Å². The lowest BCUT2D eigenvalue weighted by Crippen LogP contribution is -2.52. The van der Waals surface area contributed by atoms with E-state index in [4.69, 9.17) is 16.3 Å². The first-order valence-electron chi connectivity index (χ1n) is 14.2. The molecule has 0 spiro atoms. The van der Waals surface area contributed by atoms with E-state index in [2.05, 4.69) is 54.5 Å². The van der Waals surface area contributed by atoms with E-state index >= 15 is 0 Å². The maximum absolute atomic E-state index is 12.8. The summed E-state index contributed by atoms with van der Waals surface area (Å²) in [5.41, 5.74) is 2.61. The zero-order valence-corrected chi connectivity index (χ0v) is 25.8. The summed E-state index contributed by atoms with van der Waals surface area (Å²) in [5.74, 6) is 1.52. The van der Waals surface area contributed by atoms with Crippen LogP contribution in [0.3, 0.4) is 0 Å². The monoisotopic (exact) mass is 597 g/mol. The van der Waals surface area contributed by atoms with Gasteiger partial charge in [-0.25, -0.2) is 4.98 Å². The van der Waals surface area contributed by atoms with E-state index in [1.165, 1.54) is 25.9 Å². The molecule has 1 aromatic heterocycles. The van der Waals surface area contributed by atoms with E-state index in [-0.39, 0.29) is 5.25 Å². The van der Waals surface area contributed by atoms with E-state index in [0.717, 1.165) is 43.3 Å². The molecular formula is C30H40ClN7O2S. The van der Waals surface area contributed by atoms with Gasteiger partial charge in [0, 0.05) is 62.3 Å². The van der Waals surface area contributed by atoms with Gasteiger partial charge in [0.25, 0.3) is 0 Å². The highest BCUT2D eigenvalue weighted by Crippen LogP contribution is 2.34. The number of halogens is 1. The molecule has 220 valence electrons. The van der Waals surface area contributed by atoms with Gasteiger partial charge in [-0.15, -0.1) is 0 Å². The predicted molar refractivity (Wildman–Crippen MR) is 169 cm³/mol. The van der Waals surface area contributed by atoms with Gasteiger partial charge < -0.3 is 25.2 Å². The molecule has 2 fully saturated rings. The molecule has 3 aromatic rings. The Hall–Kier alpha value is -2.92. The number of ether oxygens (including phenoxy) is 1. The molecule has 2 saturated heterocycles. The van der Waals surface area contributed by atoms with Crippen molar-refractivity contribution in [3.05, 3.63) is 53.7 Å². The van der Waals surface area contributed by atoms with Crippen LogP contribution in [0.1, 0.15) is 26.7 Å². The van der Waals surface area contributed by atoms with Gasteiger partial charge in [-0.2, -0.15) is 4.98 Å². The molecule has 0 aliphatic carbocycles. The van der Waals surface area contributed by atoms with Crippen LogP contribution in [0.4, 0.5) is 28.8 Å². The Balaban J connectivity index is 1.27. The quantitative estimate of drug-likeness (QED) is 0.339. The normalized spacial score (nSPS) is 18.0. The zero-order valence-electron chi connectivity index (χ0n) is 24.3. The summed E-state index contributed by atoms with van der Waals surface area (Å²) < 4.78 is 18.6.